The minimum Gasteiger partial charge on any atom is -0.388 e. The van der Waals surface area contributed by atoms with Crippen LogP contribution in [0, 0.1) is 5.92 Å². The van der Waals surface area contributed by atoms with Crippen LogP contribution in [0.2, 0.25) is 0 Å². The summed E-state index contributed by atoms with van der Waals surface area (Å²) in [5, 5.41) is 10.0. The van der Waals surface area contributed by atoms with Gasteiger partial charge in [-0.3, -0.25) is 0 Å². The van der Waals surface area contributed by atoms with Gasteiger partial charge in [0.25, 0.3) is 0 Å². The average molecular weight is 525 g/mol. The van der Waals surface area contributed by atoms with E-state index in [0.29, 0.717) is 18.8 Å². The number of hydrogen-bond donors (Lipinski definition) is 1. The maximum Gasteiger partial charge on any atom is 0.460 e. The number of anilines is 1. The Morgan fingerprint density at radius 1 is 0.676 bits per heavy atom. The predicted molar refractivity (Wildman–Crippen MR) is 94.9 cm³/mol. The number of aliphatic hydroxyl groups excluding tert-OH is 1. The minimum atomic E-state index is -7.97. The molecule has 0 fully saturated rings. The van der Waals surface area contributed by atoms with E-state index in [2.05, 4.69) is 0 Å². The van der Waals surface area contributed by atoms with Gasteiger partial charge in [-0.2, -0.15) is 57.1 Å². The van der Waals surface area contributed by atoms with Crippen LogP contribution in [0.25, 0.3) is 0 Å². The van der Waals surface area contributed by atoms with E-state index in [1.807, 2.05) is 0 Å². The van der Waals surface area contributed by atoms with Gasteiger partial charge in [-0.05, 0) is 31.5 Å². The average Bonchev–Trinajstić information content (AvgIpc) is 2.72. The van der Waals surface area contributed by atoms with Gasteiger partial charge >= 0.3 is 35.8 Å². The van der Waals surface area contributed by atoms with E-state index in [4.69, 9.17) is 0 Å². The lowest BCUT2D eigenvalue weighted by atomic mass is 9.83. The molecule has 0 radical (unpaired) electrons. The smallest absolute Gasteiger partial charge is 0.388 e. The molecule has 1 aromatic carbocycles. The monoisotopic (exact) mass is 525 g/mol. The van der Waals surface area contributed by atoms with Gasteiger partial charge < -0.3 is 10.0 Å². The quantitative estimate of drug-likeness (QED) is 0.335. The van der Waals surface area contributed by atoms with Crippen molar-refractivity contribution < 1.29 is 62.2 Å². The van der Waals surface area contributed by atoms with Crippen molar-refractivity contribution in [2.75, 3.05) is 18.0 Å². The molecular weight excluding hydrogens is 505 g/mol. The third kappa shape index (κ3) is 4.51. The normalized spacial score (nSPS) is 16.4. The number of benzene rings is 1. The van der Waals surface area contributed by atoms with Crippen molar-refractivity contribution in [1.82, 2.24) is 0 Å². The van der Waals surface area contributed by atoms with Gasteiger partial charge in [-0.25, -0.2) is 0 Å². The number of halogens is 13. The highest BCUT2D eigenvalue weighted by molar-refractivity contribution is 5.47. The molecule has 0 heterocycles. The summed E-state index contributed by atoms with van der Waals surface area (Å²) in [4.78, 5) is 1.73. The Balaban J connectivity index is 3.40. The number of nitrogens with zero attached hydrogens (tertiary/aromatic N) is 1. The fourth-order valence-electron chi connectivity index (χ4n) is 3.03. The first-order chi connectivity index (χ1) is 15.1. The molecule has 0 aliphatic rings. The summed E-state index contributed by atoms with van der Waals surface area (Å²) in [7, 11) is 0. The lowest BCUT2D eigenvalue weighted by molar-refractivity contribution is -0.444. The molecule has 0 saturated heterocycles. The number of hydrogen-bond acceptors (Lipinski definition) is 2. The molecule has 0 saturated carbocycles. The summed E-state index contributed by atoms with van der Waals surface area (Å²) in [6, 6.07) is 4.35. The molecule has 0 spiro atoms. The van der Waals surface area contributed by atoms with Gasteiger partial charge in [0.2, 0.25) is 0 Å². The zero-order chi connectivity index (χ0) is 27.1. The van der Waals surface area contributed by atoms with E-state index in [1.54, 1.807) is 18.7 Å². The van der Waals surface area contributed by atoms with Crippen LogP contribution >= 0.6 is 0 Å². The van der Waals surface area contributed by atoms with Crippen molar-refractivity contribution in [3.8, 4) is 0 Å². The highest BCUT2D eigenvalue weighted by Gasteiger charge is 2.91. The third-order valence-corrected chi connectivity index (χ3v) is 5.37. The van der Waals surface area contributed by atoms with Gasteiger partial charge in [0.05, 0.1) is 12.0 Å². The van der Waals surface area contributed by atoms with Crippen LogP contribution in [0.1, 0.15) is 32.4 Å². The second-order valence-electron chi connectivity index (χ2n) is 7.42. The molecule has 15 heteroatoms. The minimum absolute atomic E-state index is 0.0208. The van der Waals surface area contributed by atoms with E-state index < -0.39 is 53.4 Å². The lowest BCUT2D eigenvalue weighted by Crippen LogP contribution is -2.71. The van der Waals surface area contributed by atoms with Gasteiger partial charge in [-0.15, -0.1) is 0 Å². The Kier molecular flexibility index (Phi) is 8.20. The summed E-state index contributed by atoms with van der Waals surface area (Å²) in [5.74, 6) is -40.8. The van der Waals surface area contributed by atoms with Gasteiger partial charge in [0, 0.05) is 18.8 Å². The predicted octanol–water partition coefficient (Wildman–Crippen LogP) is 6.94. The second kappa shape index (κ2) is 9.26. The number of alkyl halides is 13. The molecule has 1 aromatic rings. The van der Waals surface area contributed by atoms with Crippen LogP contribution in [0.3, 0.4) is 0 Å². The Labute approximate surface area is 185 Å². The zero-order valence-electron chi connectivity index (χ0n) is 17.7. The zero-order valence-corrected chi connectivity index (χ0v) is 17.7. The van der Waals surface area contributed by atoms with E-state index in [1.165, 1.54) is 12.1 Å². The van der Waals surface area contributed by atoms with Crippen LogP contribution in [0.15, 0.2) is 24.3 Å². The Bertz CT molecular complexity index is 816. The molecule has 1 rings (SSSR count). The van der Waals surface area contributed by atoms with Crippen LogP contribution in [-0.4, -0.2) is 54.0 Å². The molecule has 0 aliphatic carbocycles. The van der Waals surface area contributed by atoms with Crippen molar-refractivity contribution in [2.45, 2.75) is 62.7 Å². The summed E-state index contributed by atoms with van der Waals surface area (Å²) in [5.41, 5.74) is -0.0826. The van der Waals surface area contributed by atoms with Crippen LogP contribution in [0.4, 0.5) is 62.8 Å². The fourth-order valence-corrected chi connectivity index (χ4v) is 3.03. The summed E-state index contributed by atoms with van der Waals surface area (Å²) in [6.45, 7) is 4.47. The standard InChI is InChI=1S/C19H20F13NO/c1-4-33(5-2)12-8-6-11(7-9-12)13(34)10(3)14(20,21)15(22,23)16(24,25)17(26,27)18(28,29)19(30,31)32/h6-10,13,34H,4-5H2,1-3H3. The molecule has 2 nitrogen and oxygen atoms in total. The summed E-state index contributed by atoms with van der Waals surface area (Å²) in [6.07, 6.45) is -10.2. The molecule has 2 atom stereocenters. The first-order valence-corrected chi connectivity index (χ1v) is 9.54. The van der Waals surface area contributed by atoms with E-state index >= 15 is 0 Å². The first kappa shape index (κ1) is 30.1. The molecular formula is C19H20F13NO. The number of aliphatic hydroxyl groups is 1. The molecule has 0 aromatic heterocycles. The van der Waals surface area contributed by atoms with Gasteiger partial charge in [0.15, 0.2) is 0 Å². The van der Waals surface area contributed by atoms with Crippen molar-refractivity contribution >= 4 is 5.69 Å². The maximum atomic E-state index is 14.3. The SMILES string of the molecule is CCN(CC)c1ccc(C(O)C(C)C(F)(F)C(F)(F)C(F)(F)C(F)(F)C(F)(F)C(F)(F)F)cc1. The molecule has 1 N–H and O–H groups in total. The van der Waals surface area contributed by atoms with E-state index in [0.717, 1.165) is 12.1 Å². The Morgan fingerprint density at radius 3 is 1.41 bits per heavy atom. The highest BCUT2D eigenvalue weighted by atomic mass is 19.4. The molecule has 2 unspecified atom stereocenters. The van der Waals surface area contributed by atoms with E-state index in [9.17, 15) is 62.2 Å². The topological polar surface area (TPSA) is 23.5 Å². The third-order valence-electron chi connectivity index (χ3n) is 5.37. The first-order valence-electron chi connectivity index (χ1n) is 9.54. The Hall–Kier alpha value is -1.93. The van der Waals surface area contributed by atoms with Crippen LogP contribution in [-0.2, 0) is 0 Å². The fraction of sp³-hybridized carbons (Fsp3) is 0.684. The molecule has 0 bridgehead atoms. The van der Waals surface area contributed by atoms with Crippen LogP contribution in [0.5, 0.6) is 0 Å². The van der Waals surface area contributed by atoms with Crippen molar-refractivity contribution in [1.29, 1.82) is 0 Å². The van der Waals surface area contributed by atoms with Crippen LogP contribution < -0.4 is 4.90 Å². The summed E-state index contributed by atoms with van der Waals surface area (Å²) >= 11 is 0. The van der Waals surface area contributed by atoms with Gasteiger partial charge in [-0.1, -0.05) is 19.1 Å². The highest BCUT2D eigenvalue weighted by Crippen LogP contribution is 2.61. The second-order valence-corrected chi connectivity index (χ2v) is 7.42. The maximum absolute atomic E-state index is 14.3. The van der Waals surface area contributed by atoms with E-state index in [-0.39, 0.29) is 6.92 Å². The largest absolute Gasteiger partial charge is 0.460 e. The molecule has 0 aliphatic heterocycles. The molecule has 198 valence electrons. The number of rotatable bonds is 10. The summed E-state index contributed by atoms with van der Waals surface area (Å²) < 4.78 is 173. The van der Waals surface area contributed by atoms with Crippen molar-refractivity contribution in [3.05, 3.63) is 29.8 Å². The van der Waals surface area contributed by atoms with Crippen molar-refractivity contribution in [3.63, 3.8) is 0 Å². The van der Waals surface area contributed by atoms with Crippen molar-refractivity contribution in [2.24, 2.45) is 5.92 Å². The van der Waals surface area contributed by atoms with Gasteiger partial charge in [0.1, 0.15) is 0 Å². The molecule has 0 amide bonds. The Morgan fingerprint density at radius 2 is 1.06 bits per heavy atom. The lowest BCUT2D eigenvalue weighted by Gasteiger charge is -2.42. The molecule has 34 heavy (non-hydrogen) atoms.